The van der Waals surface area contributed by atoms with Gasteiger partial charge in [0.25, 0.3) is 0 Å². The molecule has 0 atom stereocenters. The van der Waals surface area contributed by atoms with E-state index in [0.29, 0.717) is 16.9 Å². The highest BCUT2D eigenvalue weighted by molar-refractivity contribution is 6.03. The number of para-hydroxylation sites is 2. The monoisotopic (exact) mass is 385 g/mol. The van der Waals surface area contributed by atoms with Crippen LogP contribution in [-0.4, -0.2) is 24.1 Å². The molecule has 0 spiro atoms. The van der Waals surface area contributed by atoms with Crippen LogP contribution in [0.3, 0.4) is 0 Å². The second kappa shape index (κ2) is 7.90. The van der Waals surface area contributed by atoms with Crippen molar-refractivity contribution in [3.63, 3.8) is 0 Å². The first-order chi connectivity index (χ1) is 14.1. The number of rotatable bonds is 4. The van der Waals surface area contributed by atoms with E-state index in [0.717, 1.165) is 22.2 Å². The van der Waals surface area contributed by atoms with E-state index in [9.17, 15) is 9.59 Å². The van der Waals surface area contributed by atoms with Crippen molar-refractivity contribution in [3.05, 3.63) is 84.4 Å². The zero-order chi connectivity index (χ0) is 20.2. The number of methoxy groups -OCH3 is 1. The molecule has 0 radical (unpaired) electrons. The third-order valence-electron chi connectivity index (χ3n) is 4.56. The molecule has 0 fully saturated rings. The predicted octanol–water partition coefficient (Wildman–Crippen LogP) is 5.27. The first kappa shape index (κ1) is 18.3. The molecule has 4 rings (SSSR count). The Bertz CT molecular complexity index is 1150. The Morgan fingerprint density at radius 3 is 2.34 bits per heavy atom. The SMILES string of the molecule is COC(=O)c1ccc(NC(=O)Nc2ccccc2-c2cc3ccccc3[nH]2)cc1. The van der Waals surface area contributed by atoms with E-state index in [4.69, 9.17) is 0 Å². The first-order valence-electron chi connectivity index (χ1n) is 9.07. The van der Waals surface area contributed by atoms with Crippen molar-refractivity contribution in [1.29, 1.82) is 0 Å². The molecule has 0 aliphatic heterocycles. The van der Waals surface area contributed by atoms with Crippen molar-refractivity contribution in [2.24, 2.45) is 0 Å². The highest BCUT2D eigenvalue weighted by atomic mass is 16.5. The van der Waals surface area contributed by atoms with Crippen LogP contribution in [0.1, 0.15) is 10.4 Å². The summed E-state index contributed by atoms with van der Waals surface area (Å²) in [6, 6.07) is 23.8. The topological polar surface area (TPSA) is 83.2 Å². The molecule has 2 amide bonds. The first-order valence-corrected chi connectivity index (χ1v) is 9.07. The van der Waals surface area contributed by atoms with Gasteiger partial charge in [0, 0.05) is 27.8 Å². The van der Waals surface area contributed by atoms with Gasteiger partial charge in [0.15, 0.2) is 0 Å². The summed E-state index contributed by atoms with van der Waals surface area (Å²) in [5.74, 6) is -0.423. The lowest BCUT2D eigenvalue weighted by atomic mass is 10.1. The lowest BCUT2D eigenvalue weighted by Crippen LogP contribution is -2.19. The lowest BCUT2D eigenvalue weighted by Gasteiger charge is -2.11. The van der Waals surface area contributed by atoms with Gasteiger partial charge >= 0.3 is 12.0 Å². The van der Waals surface area contributed by atoms with E-state index in [2.05, 4.69) is 26.4 Å². The van der Waals surface area contributed by atoms with E-state index in [1.807, 2.05) is 48.5 Å². The van der Waals surface area contributed by atoms with Crippen LogP contribution in [0.4, 0.5) is 16.2 Å². The third-order valence-corrected chi connectivity index (χ3v) is 4.56. The van der Waals surface area contributed by atoms with Crippen LogP contribution in [0.2, 0.25) is 0 Å². The Kier molecular flexibility index (Phi) is 4.99. The number of anilines is 2. The van der Waals surface area contributed by atoms with Gasteiger partial charge < -0.3 is 20.4 Å². The predicted molar refractivity (Wildman–Crippen MR) is 114 cm³/mol. The Balaban J connectivity index is 1.52. The molecule has 3 aromatic carbocycles. The molecule has 144 valence electrons. The van der Waals surface area contributed by atoms with E-state index in [1.165, 1.54) is 7.11 Å². The Morgan fingerprint density at radius 1 is 0.862 bits per heavy atom. The lowest BCUT2D eigenvalue weighted by molar-refractivity contribution is 0.0600. The molecule has 0 saturated heterocycles. The van der Waals surface area contributed by atoms with E-state index >= 15 is 0 Å². The van der Waals surface area contributed by atoms with Crippen LogP contribution in [0.25, 0.3) is 22.2 Å². The van der Waals surface area contributed by atoms with Gasteiger partial charge in [-0.2, -0.15) is 0 Å². The molecule has 0 bridgehead atoms. The third kappa shape index (κ3) is 3.96. The standard InChI is InChI=1S/C23H19N3O3/c1-29-22(27)15-10-12-17(13-11-15)24-23(28)26-20-9-5-3-7-18(20)21-14-16-6-2-4-8-19(16)25-21/h2-14,25H,1H3,(H2,24,26,28). The fourth-order valence-corrected chi connectivity index (χ4v) is 3.14. The summed E-state index contributed by atoms with van der Waals surface area (Å²) in [6.07, 6.45) is 0. The molecule has 1 aromatic heterocycles. The summed E-state index contributed by atoms with van der Waals surface area (Å²) in [7, 11) is 1.33. The number of hydrogen-bond acceptors (Lipinski definition) is 3. The van der Waals surface area contributed by atoms with Crippen LogP contribution < -0.4 is 10.6 Å². The highest BCUT2D eigenvalue weighted by Crippen LogP contribution is 2.30. The normalized spacial score (nSPS) is 10.5. The van der Waals surface area contributed by atoms with Gasteiger partial charge in [-0.1, -0.05) is 36.4 Å². The van der Waals surface area contributed by atoms with Crippen molar-refractivity contribution >= 4 is 34.3 Å². The number of fused-ring (bicyclic) bond motifs is 1. The molecule has 0 aliphatic carbocycles. The second-order valence-electron chi connectivity index (χ2n) is 6.46. The van der Waals surface area contributed by atoms with Gasteiger partial charge in [-0.25, -0.2) is 9.59 Å². The van der Waals surface area contributed by atoms with E-state index in [-0.39, 0.29) is 6.03 Å². The van der Waals surface area contributed by atoms with Crippen molar-refractivity contribution in [3.8, 4) is 11.3 Å². The van der Waals surface area contributed by atoms with Crippen LogP contribution in [-0.2, 0) is 4.74 Å². The van der Waals surface area contributed by atoms with Crippen molar-refractivity contribution in [2.75, 3.05) is 17.7 Å². The second-order valence-corrected chi connectivity index (χ2v) is 6.46. The van der Waals surface area contributed by atoms with Crippen molar-refractivity contribution in [1.82, 2.24) is 4.98 Å². The molecule has 4 aromatic rings. The molecule has 0 unspecified atom stereocenters. The molecule has 29 heavy (non-hydrogen) atoms. The number of hydrogen-bond donors (Lipinski definition) is 3. The number of carbonyl (C=O) groups excluding carboxylic acids is 2. The fraction of sp³-hybridized carbons (Fsp3) is 0.0435. The average molecular weight is 385 g/mol. The Labute approximate surface area is 167 Å². The number of esters is 1. The number of ether oxygens (including phenoxy) is 1. The molecular formula is C23H19N3O3. The van der Waals surface area contributed by atoms with Crippen molar-refractivity contribution < 1.29 is 14.3 Å². The maximum Gasteiger partial charge on any atom is 0.337 e. The molecule has 3 N–H and O–H groups in total. The van der Waals surface area contributed by atoms with Gasteiger partial charge in [0.1, 0.15) is 0 Å². The fourth-order valence-electron chi connectivity index (χ4n) is 3.14. The van der Waals surface area contributed by atoms with Crippen LogP contribution in [0, 0.1) is 0 Å². The zero-order valence-corrected chi connectivity index (χ0v) is 15.7. The maximum absolute atomic E-state index is 12.5. The number of amides is 2. The maximum atomic E-state index is 12.5. The summed E-state index contributed by atoms with van der Waals surface area (Å²) in [4.78, 5) is 27.4. The minimum Gasteiger partial charge on any atom is -0.465 e. The summed E-state index contributed by atoms with van der Waals surface area (Å²) in [6.45, 7) is 0. The number of benzene rings is 3. The number of H-pyrrole nitrogens is 1. The summed E-state index contributed by atoms with van der Waals surface area (Å²) < 4.78 is 4.67. The summed E-state index contributed by atoms with van der Waals surface area (Å²) >= 11 is 0. The van der Waals surface area contributed by atoms with Crippen LogP contribution in [0.15, 0.2) is 78.9 Å². The number of aromatic amines is 1. The minimum atomic E-state index is -0.423. The molecule has 0 aliphatic rings. The van der Waals surface area contributed by atoms with Crippen LogP contribution >= 0.6 is 0 Å². The Hall–Kier alpha value is -4.06. The summed E-state index contributed by atoms with van der Waals surface area (Å²) in [5.41, 5.74) is 4.51. The number of aromatic nitrogens is 1. The largest absolute Gasteiger partial charge is 0.465 e. The van der Waals surface area contributed by atoms with Gasteiger partial charge in [-0.3, -0.25) is 0 Å². The average Bonchev–Trinajstić information content (AvgIpc) is 3.18. The van der Waals surface area contributed by atoms with Gasteiger partial charge in [-0.05, 0) is 42.5 Å². The zero-order valence-electron chi connectivity index (χ0n) is 15.7. The van der Waals surface area contributed by atoms with Gasteiger partial charge in [0.2, 0.25) is 0 Å². The number of carbonyl (C=O) groups is 2. The van der Waals surface area contributed by atoms with Crippen LogP contribution in [0.5, 0.6) is 0 Å². The molecule has 6 nitrogen and oxygen atoms in total. The highest BCUT2D eigenvalue weighted by Gasteiger charge is 2.11. The Morgan fingerprint density at radius 2 is 1.59 bits per heavy atom. The quantitative estimate of drug-likeness (QED) is 0.419. The minimum absolute atomic E-state index is 0.376. The number of urea groups is 1. The molecule has 0 saturated carbocycles. The van der Waals surface area contributed by atoms with Gasteiger partial charge in [-0.15, -0.1) is 0 Å². The van der Waals surface area contributed by atoms with E-state index < -0.39 is 5.97 Å². The molecule has 6 heteroatoms. The molecule has 1 heterocycles. The van der Waals surface area contributed by atoms with Gasteiger partial charge in [0.05, 0.1) is 18.4 Å². The molecular weight excluding hydrogens is 366 g/mol. The number of nitrogens with one attached hydrogen (secondary N) is 3. The summed E-state index contributed by atoms with van der Waals surface area (Å²) in [5, 5.41) is 6.76. The van der Waals surface area contributed by atoms with E-state index in [1.54, 1.807) is 24.3 Å². The smallest absolute Gasteiger partial charge is 0.337 e. The van der Waals surface area contributed by atoms with Crippen molar-refractivity contribution in [2.45, 2.75) is 0 Å².